The number of carbonyl (C=O) groups is 1. The third-order valence-electron chi connectivity index (χ3n) is 2.57. The average Bonchev–Trinajstić information content (AvgIpc) is 2.70. The van der Waals surface area contributed by atoms with E-state index in [1.54, 1.807) is 0 Å². The zero-order valence-electron chi connectivity index (χ0n) is 9.11. The molecule has 7 heteroatoms. The lowest BCUT2D eigenvalue weighted by molar-refractivity contribution is -0.119. The van der Waals surface area contributed by atoms with E-state index in [1.807, 2.05) is 6.92 Å². The van der Waals surface area contributed by atoms with E-state index in [1.165, 1.54) is 6.33 Å². The Bertz CT molecular complexity index is 421. The molecule has 0 bridgehead atoms. The van der Waals surface area contributed by atoms with Gasteiger partial charge in [0.15, 0.2) is 10.3 Å². The topological polar surface area (TPSA) is 64.1 Å². The zero-order chi connectivity index (χ0) is 12.4. The number of hydrogen-bond donors (Lipinski definition) is 1. The first-order valence-corrected chi connectivity index (χ1v) is 5.92. The lowest BCUT2D eigenvalue weighted by atomic mass is 10.1. The molecule has 0 radical (unpaired) electrons. The van der Waals surface area contributed by atoms with E-state index in [0.717, 1.165) is 0 Å². The van der Waals surface area contributed by atoms with E-state index in [-0.39, 0.29) is 33.9 Å². The smallest absolute Gasteiger partial charge is 0.230 e. The summed E-state index contributed by atoms with van der Waals surface area (Å²) < 4.78 is 5.33. The molecule has 2 atom stereocenters. The molecule has 0 aromatic carbocycles. The number of anilines is 1. The van der Waals surface area contributed by atoms with Gasteiger partial charge in [0.1, 0.15) is 12.0 Å². The second-order valence-corrected chi connectivity index (χ2v) is 4.61. The van der Waals surface area contributed by atoms with Crippen LogP contribution in [0.5, 0.6) is 0 Å². The first-order valence-electron chi connectivity index (χ1n) is 5.16. The number of amides is 1. The third-order valence-corrected chi connectivity index (χ3v) is 3.15. The minimum atomic E-state index is -0.183. The minimum absolute atomic E-state index is 0.101. The van der Waals surface area contributed by atoms with Gasteiger partial charge in [0.25, 0.3) is 0 Å². The van der Waals surface area contributed by atoms with Gasteiger partial charge in [0.05, 0.1) is 18.6 Å². The van der Waals surface area contributed by atoms with E-state index in [2.05, 4.69) is 15.3 Å². The number of nitrogens with one attached hydrogen (secondary N) is 1. The summed E-state index contributed by atoms with van der Waals surface area (Å²) in [5, 5.41) is 2.89. The molecule has 1 amide bonds. The molecule has 2 rings (SSSR count). The average molecular weight is 276 g/mol. The van der Waals surface area contributed by atoms with Crippen molar-refractivity contribution in [2.24, 2.45) is 5.92 Å². The molecule has 1 saturated heterocycles. The van der Waals surface area contributed by atoms with Crippen LogP contribution in [0.25, 0.3) is 0 Å². The second kappa shape index (κ2) is 5.16. The Kier molecular flexibility index (Phi) is 3.81. The number of rotatable bonds is 2. The van der Waals surface area contributed by atoms with Crippen LogP contribution in [0.2, 0.25) is 10.3 Å². The molecule has 1 aliphatic rings. The molecular weight excluding hydrogens is 265 g/mol. The van der Waals surface area contributed by atoms with Gasteiger partial charge in [0, 0.05) is 0 Å². The van der Waals surface area contributed by atoms with E-state index < -0.39 is 0 Å². The summed E-state index contributed by atoms with van der Waals surface area (Å²) in [6.45, 7) is 2.34. The molecule has 2 unspecified atom stereocenters. The van der Waals surface area contributed by atoms with Crippen molar-refractivity contribution in [3.8, 4) is 0 Å². The van der Waals surface area contributed by atoms with Crippen LogP contribution in [-0.4, -0.2) is 28.6 Å². The molecule has 92 valence electrons. The minimum Gasteiger partial charge on any atom is -0.378 e. The number of nitrogens with zero attached hydrogens (tertiary/aromatic N) is 2. The fourth-order valence-electron chi connectivity index (χ4n) is 1.67. The van der Waals surface area contributed by atoms with E-state index in [4.69, 9.17) is 27.9 Å². The SMILES string of the molecule is CC1CC(C(=O)Nc2c(Cl)ncnc2Cl)CO1. The summed E-state index contributed by atoms with van der Waals surface area (Å²) in [5.74, 6) is -0.356. The number of ether oxygens (including phenoxy) is 1. The highest BCUT2D eigenvalue weighted by Gasteiger charge is 2.29. The number of carbonyl (C=O) groups excluding carboxylic acids is 1. The van der Waals surface area contributed by atoms with Gasteiger partial charge in [-0.1, -0.05) is 23.2 Å². The molecule has 1 aliphatic heterocycles. The summed E-state index contributed by atoms with van der Waals surface area (Å²) in [7, 11) is 0. The highest BCUT2D eigenvalue weighted by Crippen LogP contribution is 2.27. The Labute approximate surface area is 108 Å². The van der Waals surface area contributed by atoms with Gasteiger partial charge < -0.3 is 10.1 Å². The summed E-state index contributed by atoms with van der Waals surface area (Å²) in [6, 6.07) is 0. The van der Waals surface area contributed by atoms with Crippen molar-refractivity contribution in [1.82, 2.24) is 9.97 Å². The number of aromatic nitrogens is 2. The van der Waals surface area contributed by atoms with Crippen molar-refractivity contribution in [2.45, 2.75) is 19.4 Å². The lowest BCUT2D eigenvalue weighted by Crippen LogP contribution is -2.23. The molecule has 2 heterocycles. The van der Waals surface area contributed by atoms with Crippen LogP contribution in [0.3, 0.4) is 0 Å². The van der Waals surface area contributed by atoms with Crippen molar-refractivity contribution >= 4 is 34.8 Å². The third kappa shape index (κ3) is 2.86. The van der Waals surface area contributed by atoms with Crippen molar-refractivity contribution in [2.75, 3.05) is 11.9 Å². The highest BCUT2D eigenvalue weighted by atomic mass is 35.5. The molecule has 0 aliphatic carbocycles. The maximum Gasteiger partial charge on any atom is 0.230 e. The molecule has 1 N–H and O–H groups in total. The van der Waals surface area contributed by atoms with Crippen LogP contribution < -0.4 is 5.32 Å². The van der Waals surface area contributed by atoms with Gasteiger partial charge in [-0.3, -0.25) is 4.79 Å². The van der Waals surface area contributed by atoms with Crippen LogP contribution in [0.1, 0.15) is 13.3 Å². The van der Waals surface area contributed by atoms with Crippen molar-refractivity contribution in [1.29, 1.82) is 0 Å². The quantitative estimate of drug-likeness (QED) is 0.840. The van der Waals surface area contributed by atoms with Crippen LogP contribution >= 0.6 is 23.2 Å². The summed E-state index contributed by atoms with van der Waals surface area (Å²) in [6.07, 6.45) is 2.03. The first-order chi connectivity index (χ1) is 8.08. The predicted octanol–water partition coefficient (Wildman–Crippen LogP) is 2.15. The van der Waals surface area contributed by atoms with Crippen molar-refractivity contribution in [3.05, 3.63) is 16.6 Å². The Morgan fingerprint density at radius 3 is 2.65 bits per heavy atom. The van der Waals surface area contributed by atoms with Crippen LogP contribution in [-0.2, 0) is 9.53 Å². The Morgan fingerprint density at radius 2 is 2.12 bits per heavy atom. The van der Waals surface area contributed by atoms with Gasteiger partial charge >= 0.3 is 0 Å². The fourth-order valence-corrected chi connectivity index (χ4v) is 2.08. The maximum absolute atomic E-state index is 11.9. The van der Waals surface area contributed by atoms with Gasteiger partial charge in [-0.05, 0) is 13.3 Å². The highest BCUT2D eigenvalue weighted by molar-refractivity contribution is 6.38. The molecular formula is C10H11Cl2N3O2. The number of hydrogen-bond acceptors (Lipinski definition) is 4. The lowest BCUT2D eigenvalue weighted by Gasteiger charge is -2.10. The molecule has 0 saturated carbocycles. The van der Waals surface area contributed by atoms with Gasteiger partial charge in [-0.2, -0.15) is 0 Å². The monoisotopic (exact) mass is 275 g/mol. The molecule has 0 spiro atoms. The van der Waals surface area contributed by atoms with E-state index in [9.17, 15) is 4.79 Å². The first kappa shape index (κ1) is 12.5. The standard InChI is InChI=1S/C10H11Cl2N3O2/c1-5-2-6(3-17-5)10(16)15-7-8(11)13-4-14-9(7)12/h4-6H,2-3H2,1H3,(H,15,16). The number of halogens is 2. The second-order valence-electron chi connectivity index (χ2n) is 3.90. The Balaban J connectivity index is 2.08. The van der Waals surface area contributed by atoms with Crippen LogP contribution in [0.15, 0.2) is 6.33 Å². The molecule has 17 heavy (non-hydrogen) atoms. The van der Waals surface area contributed by atoms with Crippen LogP contribution in [0, 0.1) is 5.92 Å². The Hall–Kier alpha value is -0.910. The molecule has 1 fully saturated rings. The normalized spacial score (nSPS) is 23.7. The van der Waals surface area contributed by atoms with Crippen molar-refractivity contribution in [3.63, 3.8) is 0 Å². The predicted molar refractivity (Wildman–Crippen MR) is 64.2 cm³/mol. The fraction of sp³-hybridized carbons (Fsp3) is 0.500. The molecule has 1 aromatic heterocycles. The largest absolute Gasteiger partial charge is 0.378 e. The van der Waals surface area contributed by atoms with E-state index >= 15 is 0 Å². The van der Waals surface area contributed by atoms with Crippen molar-refractivity contribution < 1.29 is 9.53 Å². The van der Waals surface area contributed by atoms with Gasteiger partial charge in [-0.15, -0.1) is 0 Å². The Morgan fingerprint density at radius 1 is 1.47 bits per heavy atom. The van der Waals surface area contributed by atoms with E-state index in [0.29, 0.717) is 13.0 Å². The summed E-state index contributed by atoms with van der Waals surface area (Å²) in [4.78, 5) is 19.4. The van der Waals surface area contributed by atoms with Crippen LogP contribution in [0.4, 0.5) is 5.69 Å². The molecule has 1 aromatic rings. The summed E-state index contributed by atoms with van der Waals surface area (Å²) >= 11 is 11.7. The van der Waals surface area contributed by atoms with Gasteiger partial charge in [0.2, 0.25) is 5.91 Å². The van der Waals surface area contributed by atoms with Gasteiger partial charge in [-0.25, -0.2) is 9.97 Å². The molecule has 5 nitrogen and oxygen atoms in total. The maximum atomic E-state index is 11.9. The summed E-state index contributed by atoms with van der Waals surface area (Å²) in [5.41, 5.74) is 0.250. The zero-order valence-corrected chi connectivity index (χ0v) is 10.6.